The van der Waals surface area contributed by atoms with Gasteiger partial charge in [0, 0.05) is 17.4 Å². The Kier molecular flexibility index (Phi) is 6.27. The van der Waals surface area contributed by atoms with Crippen LogP contribution in [0.1, 0.15) is 12.8 Å². The van der Waals surface area contributed by atoms with Crippen molar-refractivity contribution in [1.29, 1.82) is 0 Å². The number of hydrogen-bond acceptors (Lipinski definition) is 5. The summed E-state index contributed by atoms with van der Waals surface area (Å²) in [6.07, 6.45) is 3.65. The Hall–Kier alpha value is -3.59. The molecule has 166 valence electrons. The quantitative estimate of drug-likeness (QED) is 0.352. The number of anilines is 2. The van der Waals surface area contributed by atoms with Crippen LogP contribution in [0, 0.1) is 5.92 Å². The molecule has 2 aromatic carbocycles. The predicted octanol–water partition coefficient (Wildman–Crippen LogP) is 3.97. The maximum absolute atomic E-state index is 12.3. The number of pyridine rings is 1. The second-order valence-corrected chi connectivity index (χ2v) is 9.40. The van der Waals surface area contributed by atoms with Crippen LogP contribution in [-0.2, 0) is 10.0 Å². The number of rotatable bonds is 8. The number of sulfonamides is 1. The molecule has 1 aliphatic rings. The van der Waals surface area contributed by atoms with Gasteiger partial charge in [0.2, 0.25) is 10.0 Å². The molecule has 0 aliphatic heterocycles. The first-order valence-corrected chi connectivity index (χ1v) is 11.9. The van der Waals surface area contributed by atoms with E-state index in [-0.39, 0.29) is 17.6 Å². The SMILES string of the molecule is COc1ccccc1NC(N)=Nc1ccc(-c2cccc(NS(=O)(=O)CC3CC3)c2)cn1. The molecular formula is C23H25N5O3S. The van der Waals surface area contributed by atoms with Crippen molar-refractivity contribution in [1.82, 2.24) is 4.98 Å². The number of nitrogens with zero attached hydrogens (tertiary/aromatic N) is 2. The Morgan fingerprint density at radius 3 is 2.66 bits per heavy atom. The van der Waals surface area contributed by atoms with Gasteiger partial charge in [0.25, 0.3) is 0 Å². The Bertz CT molecular complexity index is 1220. The number of guanidine groups is 1. The molecule has 0 saturated heterocycles. The van der Waals surface area contributed by atoms with E-state index in [0.717, 1.165) is 24.0 Å². The van der Waals surface area contributed by atoms with Crippen molar-refractivity contribution in [2.75, 3.05) is 22.9 Å². The van der Waals surface area contributed by atoms with Crippen molar-refractivity contribution < 1.29 is 13.2 Å². The van der Waals surface area contributed by atoms with E-state index < -0.39 is 10.0 Å². The van der Waals surface area contributed by atoms with Crippen LogP contribution in [0.2, 0.25) is 0 Å². The average molecular weight is 452 g/mol. The normalized spacial score (nSPS) is 14.1. The second-order valence-electron chi connectivity index (χ2n) is 7.64. The molecule has 0 unspecified atom stereocenters. The summed E-state index contributed by atoms with van der Waals surface area (Å²) in [4.78, 5) is 8.64. The fourth-order valence-electron chi connectivity index (χ4n) is 3.24. The zero-order valence-corrected chi connectivity index (χ0v) is 18.5. The standard InChI is InChI=1S/C23H25N5O3S/c1-31-21-8-3-2-7-20(21)26-23(24)27-22-12-11-18(14-25-22)17-5-4-6-19(13-17)28-32(29,30)15-16-9-10-16/h2-8,11-14,16,28H,9-10,15H2,1H3,(H3,24,25,26,27). The number of aliphatic imine (C=N–C) groups is 1. The first-order valence-electron chi connectivity index (χ1n) is 10.2. The van der Waals surface area contributed by atoms with E-state index in [4.69, 9.17) is 10.5 Å². The Morgan fingerprint density at radius 1 is 1.12 bits per heavy atom. The summed E-state index contributed by atoms with van der Waals surface area (Å²) in [5.74, 6) is 1.74. The van der Waals surface area contributed by atoms with Gasteiger partial charge in [-0.05, 0) is 60.7 Å². The highest BCUT2D eigenvalue weighted by atomic mass is 32.2. The number of nitrogens with one attached hydrogen (secondary N) is 2. The van der Waals surface area contributed by atoms with Crippen molar-refractivity contribution in [3.8, 4) is 16.9 Å². The van der Waals surface area contributed by atoms with Crippen LogP contribution < -0.4 is 20.5 Å². The van der Waals surface area contributed by atoms with Gasteiger partial charge in [-0.3, -0.25) is 4.72 Å². The van der Waals surface area contributed by atoms with Gasteiger partial charge in [0.05, 0.1) is 18.6 Å². The van der Waals surface area contributed by atoms with Crippen LogP contribution in [0.5, 0.6) is 5.75 Å². The van der Waals surface area contributed by atoms with Gasteiger partial charge in [-0.2, -0.15) is 4.99 Å². The number of hydrogen-bond donors (Lipinski definition) is 3. The number of aromatic nitrogens is 1. The van der Waals surface area contributed by atoms with Crippen LogP contribution in [0.4, 0.5) is 17.2 Å². The monoisotopic (exact) mass is 451 g/mol. The summed E-state index contributed by atoms with van der Waals surface area (Å²) in [6, 6.07) is 18.2. The van der Waals surface area contributed by atoms with Gasteiger partial charge in [0.15, 0.2) is 11.8 Å². The lowest BCUT2D eigenvalue weighted by atomic mass is 10.1. The molecule has 9 heteroatoms. The number of ether oxygens (including phenoxy) is 1. The first kappa shape index (κ1) is 21.6. The summed E-state index contributed by atoms with van der Waals surface area (Å²) >= 11 is 0. The lowest BCUT2D eigenvalue weighted by Gasteiger charge is -2.10. The van der Waals surface area contributed by atoms with Crippen LogP contribution in [-0.4, -0.2) is 32.2 Å². The molecule has 1 aromatic heterocycles. The maximum atomic E-state index is 12.3. The summed E-state index contributed by atoms with van der Waals surface area (Å²) < 4.78 is 32.5. The van der Waals surface area contributed by atoms with Crippen LogP contribution in [0.15, 0.2) is 71.9 Å². The Balaban J connectivity index is 1.46. The molecule has 0 spiro atoms. The number of para-hydroxylation sites is 2. The topological polar surface area (TPSA) is 119 Å². The molecule has 1 fully saturated rings. The third-order valence-corrected chi connectivity index (χ3v) is 6.43. The molecule has 0 radical (unpaired) electrons. The predicted molar refractivity (Wildman–Crippen MR) is 128 cm³/mol. The summed E-state index contributed by atoms with van der Waals surface area (Å²) in [7, 11) is -1.75. The van der Waals surface area contributed by atoms with Gasteiger partial charge < -0.3 is 15.8 Å². The molecule has 4 N–H and O–H groups in total. The molecule has 32 heavy (non-hydrogen) atoms. The number of nitrogens with two attached hydrogens (primary N) is 1. The Labute approximate surface area is 187 Å². The molecule has 8 nitrogen and oxygen atoms in total. The molecular weight excluding hydrogens is 426 g/mol. The highest BCUT2D eigenvalue weighted by Gasteiger charge is 2.28. The number of methoxy groups -OCH3 is 1. The minimum atomic E-state index is -3.33. The van der Waals surface area contributed by atoms with Gasteiger partial charge in [-0.25, -0.2) is 13.4 Å². The molecule has 0 amide bonds. The third kappa shape index (κ3) is 5.76. The fourth-order valence-corrected chi connectivity index (χ4v) is 4.76. The van der Waals surface area contributed by atoms with E-state index in [2.05, 4.69) is 20.0 Å². The summed E-state index contributed by atoms with van der Waals surface area (Å²) in [6.45, 7) is 0. The van der Waals surface area contributed by atoms with Crippen molar-refractivity contribution in [2.45, 2.75) is 12.8 Å². The van der Waals surface area contributed by atoms with E-state index in [1.165, 1.54) is 0 Å². The minimum absolute atomic E-state index is 0.176. The third-order valence-electron chi connectivity index (χ3n) is 4.97. The van der Waals surface area contributed by atoms with Crippen molar-refractivity contribution in [2.24, 2.45) is 16.6 Å². The lowest BCUT2D eigenvalue weighted by Crippen LogP contribution is -2.22. The highest BCUT2D eigenvalue weighted by Crippen LogP contribution is 2.31. The molecule has 0 bridgehead atoms. The van der Waals surface area contributed by atoms with Crippen LogP contribution in [0.25, 0.3) is 11.1 Å². The average Bonchev–Trinajstić information content (AvgIpc) is 3.57. The highest BCUT2D eigenvalue weighted by molar-refractivity contribution is 7.92. The second kappa shape index (κ2) is 9.27. The molecule has 1 saturated carbocycles. The van der Waals surface area contributed by atoms with Crippen molar-refractivity contribution in [3.05, 3.63) is 66.9 Å². The van der Waals surface area contributed by atoms with E-state index in [0.29, 0.717) is 22.9 Å². The van der Waals surface area contributed by atoms with Crippen molar-refractivity contribution in [3.63, 3.8) is 0 Å². The summed E-state index contributed by atoms with van der Waals surface area (Å²) in [5, 5.41) is 3.00. The van der Waals surface area contributed by atoms with Crippen LogP contribution in [0.3, 0.4) is 0 Å². The minimum Gasteiger partial charge on any atom is -0.495 e. The lowest BCUT2D eigenvalue weighted by molar-refractivity contribution is 0.417. The summed E-state index contributed by atoms with van der Waals surface area (Å²) in [5.41, 5.74) is 8.93. The molecule has 1 aliphatic carbocycles. The van der Waals surface area contributed by atoms with Gasteiger partial charge in [-0.15, -0.1) is 0 Å². The van der Waals surface area contributed by atoms with E-state index >= 15 is 0 Å². The van der Waals surface area contributed by atoms with Crippen LogP contribution >= 0.6 is 0 Å². The van der Waals surface area contributed by atoms with E-state index in [1.807, 2.05) is 42.5 Å². The Morgan fingerprint density at radius 2 is 1.94 bits per heavy atom. The van der Waals surface area contributed by atoms with Crippen molar-refractivity contribution >= 4 is 33.2 Å². The molecule has 3 aromatic rings. The molecule has 4 rings (SSSR count). The zero-order valence-electron chi connectivity index (χ0n) is 17.7. The van der Waals surface area contributed by atoms with Gasteiger partial charge in [0.1, 0.15) is 5.75 Å². The molecule has 1 heterocycles. The number of benzene rings is 2. The first-order chi connectivity index (χ1) is 15.4. The largest absolute Gasteiger partial charge is 0.495 e. The van der Waals surface area contributed by atoms with Gasteiger partial charge >= 0.3 is 0 Å². The zero-order chi connectivity index (χ0) is 22.6. The maximum Gasteiger partial charge on any atom is 0.232 e. The molecule has 0 atom stereocenters. The van der Waals surface area contributed by atoms with E-state index in [1.54, 1.807) is 31.5 Å². The van der Waals surface area contributed by atoms with E-state index in [9.17, 15) is 8.42 Å². The smallest absolute Gasteiger partial charge is 0.232 e. The van der Waals surface area contributed by atoms with Gasteiger partial charge in [-0.1, -0.05) is 24.3 Å². The fraction of sp³-hybridized carbons (Fsp3) is 0.217.